The summed E-state index contributed by atoms with van der Waals surface area (Å²) in [5, 5.41) is 19.7. The van der Waals surface area contributed by atoms with Crippen molar-refractivity contribution in [2.24, 2.45) is 22.2 Å². The van der Waals surface area contributed by atoms with E-state index in [-0.39, 0.29) is 18.9 Å². The van der Waals surface area contributed by atoms with Gasteiger partial charge in [0.25, 0.3) is 0 Å². The summed E-state index contributed by atoms with van der Waals surface area (Å²) in [6.45, 7) is 0.233. The number of aliphatic imine (C=N–C) groups is 1. The maximum absolute atomic E-state index is 11.4. The highest BCUT2D eigenvalue weighted by molar-refractivity contribution is 5.87. The lowest BCUT2D eigenvalue weighted by atomic mass is 10.1. The zero-order valence-corrected chi connectivity index (χ0v) is 10.8. The van der Waals surface area contributed by atoms with Gasteiger partial charge in [-0.25, -0.2) is 4.79 Å². The van der Waals surface area contributed by atoms with Gasteiger partial charge in [-0.05, 0) is 12.8 Å². The van der Waals surface area contributed by atoms with Crippen LogP contribution in [0.5, 0.6) is 0 Å². The minimum Gasteiger partial charge on any atom is -0.480 e. The maximum Gasteiger partial charge on any atom is 0.326 e. The van der Waals surface area contributed by atoms with Gasteiger partial charge in [-0.15, -0.1) is 0 Å². The molecule has 10 nitrogen and oxygen atoms in total. The molecule has 0 aromatic heterocycles. The largest absolute Gasteiger partial charge is 0.480 e. The Balaban J connectivity index is 4.27. The first kappa shape index (κ1) is 17.6. The van der Waals surface area contributed by atoms with Gasteiger partial charge in [0.2, 0.25) is 5.91 Å². The van der Waals surface area contributed by atoms with E-state index in [0.29, 0.717) is 6.42 Å². The molecule has 0 rings (SSSR count). The Morgan fingerprint density at radius 2 is 1.75 bits per heavy atom. The van der Waals surface area contributed by atoms with E-state index in [1.54, 1.807) is 0 Å². The molecular formula is C10H19N5O5. The minimum atomic E-state index is -1.37. The molecule has 9 N–H and O–H groups in total. The second-order valence-electron chi connectivity index (χ2n) is 4.06. The third kappa shape index (κ3) is 7.87. The number of nitrogens with zero attached hydrogens (tertiary/aromatic N) is 1. The van der Waals surface area contributed by atoms with Gasteiger partial charge in [0, 0.05) is 6.54 Å². The predicted octanol–water partition coefficient (Wildman–Crippen LogP) is -2.59. The molecular weight excluding hydrogens is 270 g/mol. The number of amides is 1. The molecule has 0 spiro atoms. The molecule has 0 fully saturated rings. The molecule has 0 saturated heterocycles. The van der Waals surface area contributed by atoms with Crippen molar-refractivity contribution < 1.29 is 24.6 Å². The zero-order chi connectivity index (χ0) is 15.7. The van der Waals surface area contributed by atoms with E-state index in [0.717, 1.165) is 0 Å². The van der Waals surface area contributed by atoms with Crippen LogP contribution in [0.2, 0.25) is 0 Å². The third-order valence-corrected chi connectivity index (χ3v) is 2.30. The number of carboxylic acid groups (broad SMARTS) is 2. The predicted molar refractivity (Wildman–Crippen MR) is 69.7 cm³/mol. The van der Waals surface area contributed by atoms with Crippen LogP contribution in [-0.2, 0) is 14.4 Å². The van der Waals surface area contributed by atoms with E-state index < -0.39 is 36.4 Å². The lowest BCUT2D eigenvalue weighted by Crippen LogP contribution is -2.44. The van der Waals surface area contributed by atoms with Crippen LogP contribution in [0.4, 0.5) is 0 Å². The summed E-state index contributed by atoms with van der Waals surface area (Å²) in [4.78, 5) is 36.5. The Kier molecular flexibility index (Phi) is 7.67. The molecule has 10 heteroatoms. The zero-order valence-electron chi connectivity index (χ0n) is 10.8. The summed E-state index contributed by atoms with van der Waals surface area (Å²) >= 11 is 0. The van der Waals surface area contributed by atoms with Crippen molar-refractivity contribution >= 4 is 23.8 Å². The number of hydrogen-bond acceptors (Lipinski definition) is 5. The van der Waals surface area contributed by atoms with Gasteiger partial charge in [0.15, 0.2) is 5.96 Å². The van der Waals surface area contributed by atoms with Crippen LogP contribution in [0.3, 0.4) is 0 Å². The molecule has 0 radical (unpaired) electrons. The number of carbonyl (C=O) groups excluding carboxylic acids is 1. The first-order valence-electron chi connectivity index (χ1n) is 5.80. The van der Waals surface area contributed by atoms with Crippen molar-refractivity contribution in [3.63, 3.8) is 0 Å². The van der Waals surface area contributed by atoms with Crippen molar-refractivity contribution in [2.75, 3.05) is 6.54 Å². The number of aliphatic carboxylic acids is 2. The average Bonchev–Trinajstić information content (AvgIpc) is 2.32. The molecule has 2 atom stereocenters. The van der Waals surface area contributed by atoms with Gasteiger partial charge in [-0.3, -0.25) is 14.6 Å². The van der Waals surface area contributed by atoms with Crippen molar-refractivity contribution in [3.05, 3.63) is 0 Å². The van der Waals surface area contributed by atoms with Crippen LogP contribution in [0, 0.1) is 0 Å². The Bertz CT molecular complexity index is 393. The van der Waals surface area contributed by atoms with Crippen molar-refractivity contribution in [1.82, 2.24) is 5.32 Å². The summed E-state index contributed by atoms with van der Waals surface area (Å²) in [5.74, 6) is -3.41. The summed E-state index contributed by atoms with van der Waals surface area (Å²) < 4.78 is 0. The molecule has 0 bridgehead atoms. The first-order valence-corrected chi connectivity index (χ1v) is 5.80. The van der Waals surface area contributed by atoms with E-state index in [4.69, 9.17) is 27.4 Å². The van der Waals surface area contributed by atoms with E-state index in [1.807, 2.05) is 0 Å². The summed E-state index contributed by atoms with van der Waals surface area (Å²) in [6.07, 6.45) is -0.0344. The monoisotopic (exact) mass is 289 g/mol. The summed E-state index contributed by atoms with van der Waals surface area (Å²) in [5.41, 5.74) is 15.4. The summed E-state index contributed by atoms with van der Waals surface area (Å²) in [6, 6.07) is -2.51. The smallest absolute Gasteiger partial charge is 0.326 e. The second kappa shape index (κ2) is 8.69. The van der Waals surface area contributed by atoms with Gasteiger partial charge < -0.3 is 32.7 Å². The van der Waals surface area contributed by atoms with Crippen LogP contribution in [0.1, 0.15) is 19.3 Å². The Hall–Kier alpha value is -2.36. The lowest BCUT2D eigenvalue weighted by Gasteiger charge is -2.15. The molecule has 114 valence electrons. The van der Waals surface area contributed by atoms with Crippen molar-refractivity contribution in [1.29, 1.82) is 0 Å². The van der Waals surface area contributed by atoms with Gasteiger partial charge in [-0.2, -0.15) is 0 Å². The van der Waals surface area contributed by atoms with Crippen LogP contribution < -0.4 is 22.5 Å². The number of rotatable bonds is 9. The highest BCUT2D eigenvalue weighted by Crippen LogP contribution is 2.00. The van der Waals surface area contributed by atoms with Crippen LogP contribution >= 0.6 is 0 Å². The second-order valence-corrected chi connectivity index (χ2v) is 4.06. The molecule has 1 amide bonds. The number of carboxylic acids is 2. The Morgan fingerprint density at radius 3 is 2.20 bits per heavy atom. The standard InChI is InChI=1S/C10H19N5O5/c11-5(8(17)18)4-7(16)15-6(9(19)20)2-1-3-14-10(12)13/h5-6H,1-4,11H2,(H,15,16)(H,17,18)(H,19,20)(H4,12,13,14)/t5-,6-/m0/s1. The van der Waals surface area contributed by atoms with Gasteiger partial charge >= 0.3 is 11.9 Å². The van der Waals surface area contributed by atoms with Crippen LogP contribution in [-0.4, -0.2) is 52.6 Å². The molecule has 0 aliphatic heterocycles. The molecule has 0 aromatic carbocycles. The molecule has 0 aromatic rings. The molecule has 0 aliphatic carbocycles. The number of carbonyl (C=O) groups is 3. The van der Waals surface area contributed by atoms with E-state index in [9.17, 15) is 14.4 Å². The van der Waals surface area contributed by atoms with Crippen LogP contribution in [0.25, 0.3) is 0 Å². The van der Waals surface area contributed by atoms with Gasteiger partial charge in [0.05, 0.1) is 6.42 Å². The van der Waals surface area contributed by atoms with Crippen molar-refractivity contribution in [3.8, 4) is 0 Å². The number of guanidine groups is 1. The van der Waals surface area contributed by atoms with Crippen molar-refractivity contribution in [2.45, 2.75) is 31.3 Å². The molecule has 0 saturated carbocycles. The minimum absolute atomic E-state index is 0.103. The molecule has 0 unspecified atom stereocenters. The average molecular weight is 289 g/mol. The van der Waals surface area contributed by atoms with E-state index >= 15 is 0 Å². The van der Waals surface area contributed by atoms with Gasteiger partial charge in [0.1, 0.15) is 12.1 Å². The number of nitrogens with two attached hydrogens (primary N) is 3. The van der Waals surface area contributed by atoms with Crippen LogP contribution in [0.15, 0.2) is 4.99 Å². The number of hydrogen-bond donors (Lipinski definition) is 6. The normalized spacial score (nSPS) is 13.1. The summed E-state index contributed by atoms with van der Waals surface area (Å²) in [7, 11) is 0. The topological polar surface area (TPSA) is 194 Å². The van der Waals surface area contributed by atoms with Gasteiger partial charge in [-0.1, -0.05) is 0 Å². The fourth-order valence-electron chi connectivity index (χ4n) is 1.30. The SMILES string of the molecule is NC(N)=NCCC[C@H](NC(=O)C[C@H](N)C(=O)O)C(=O)O. The maximum atomic E-state index is 11.4. The fraction of sp³-hybridized carbons (Fsp3) is 0.600. The number of nitrogens with one attached hydrogen (secondary N) is 1. The van der Waals surface area contributed by atoms with E-state index in [1.165, 1.54) is 0 Å². The fourth-order valence-corrected chi connectivity index (χ4v) is 1.30. The Morgan fingerprint density at radius 1 is 1.15 bits per heavy atom. The van der Waals surface area contributed by atoms with E-state index in [2.05, 4.69) is 10.3 Å². The lowest BCUT2D eigenvalue weighted by molar-refractivity contribution is -0.143. The first-order chi connectivity index (χ1) is 9.23. The third-order valence-electron chi connectivity index (χ3n) is 2.30. The molecule has 0 aliphatic rings. The highest BCUT2D eigenvalue weighted by Gasteiger charge is 2.22. The molecule has 0 heterocycles. The molecule has 20 heavy (non-hydrogen) atoms. The quantitative estimate of drug-likeness (QED) is 0.151. The highest BCUT2D eigenvalue weighted by atomic mass is 16.4. The Labute approximate surface area is 115 Å².